The van der Waals surface area contributed by atoms with Gasteiger partial charge in [-0.25, -0.2) is 4.21 Å². The molecule has 0 aliphatic carbocycles. The van der Waals surface area contributed by atoms with Crippen LogP contribution in [-0.2, 0) is 11.0 Å². The minimum atomic E-state index is -4.87. The normalized spacial score (nSPS) is 13.3. The van der Waals surface area contributed by atoms with Crippen molar-refractivity contribution in [2.45, 2.75) is 5.51 Å². The van der Waals surface area contributed by atoms with Gasteiger partial charge in [0.05, 0.1) is 6.20 Å². The van der Waals surface area contributed by atoms with E-state index in [4.69, 9.17) is 5.26 Å². The van der Waals surface area contributed by atoms with Gasteiger partial charge in [-0.1, -0.05) is 0 Å². The summed E-state index contributed by atoms with van der Waals surface area (Å²) in [5, 5.41) is 13.8. The van der Waals surface area contributed by atoms with Crippen molar-refractivity contribution in [3.63, 3.8) is 0 Å². The Balaban J connectivity index is 2.81. The summed E-state index contributed by atoms with van der Waals surface area (Å²) in [4.78, 5) is 0. The molecule has 2 N–H and O–H groups in total. The van der Waals surface area contributed by atoms with Crippen LogP contribution in [-0.4, -0.2) is 19.9 Å². The van der Waals surface area contributed by atoms with Gasteiger partial charge >= 0.3 is 5.51 Å². The van der Waals surface area contributed by atoms with E-state index in [0.29, 0.717) is 0 Å². The second kappa shape index (κ2) is 3.67. The molecule has 0 aliphatic rings. The number of rotatable bonds is 2. The van der Waals surface area contributed by atoms with Gasteiger partial charge in [-0.05, 0) is 0 Å². The Hall–Kier alpha value is -1.56. The highest BCUT2D eigenvalue weighted by molar-refractivity contribution is 7.87. The quantitative estimate of drug-likeness (QED) is 0.782. The zero-order chi connectivity index (χ0) is 10.8. The van der Waals surface area contributed by atoms with Crippen LogP contribution in [0.3, 0.4) is 0 Å². The van der Waals surface area contributed by atoms with Crippen LogP contribution in [0.2, 0.25) is 0 Å². The standard InChI is InChI=1S/C5H3F3N4OS/c6-5(7,8)14(13)12-4-2-10-11-3(4)1-9/h2,12H,(H,10,11). The summed E-state index contributed by atoms with van der Waals surface area (Å²) in [6.45, 7) is 0. The molecule has 1 aromatic heterocycles. The van der Waals surface area contributed by atoms with Gasteiger partial charge in [0.15, 0.2) is 5.69 Å². The predicted octanol–water partition coefficient (Wildman–Crippen LogP) is 0.877. The molecular formula is C5H3F3N4OS. The first-order valence-corrected chi connectivity index (χ1v) is 4.29. The van der Waals surface area contributed by atoms with Crippen LogP contribution in [0.1, 0.15) is 5.69 Å². The molecule has 5 nitrogen and oxygen atoms in total. The third-order valence-corrected chi connectivity index (χ3v) is 1.99. The van der Waals surface area contributed by atoms with E-state index in [2.05, 4.69) is 10.2 Å². The summed E-state index contributed by atoms with van der Waals surface area (Å²) in [6, 6.07) is 1.55. The molecule has 0 radical (unpaired) electrons. The zero-order valence-corrected chi connectivity index (χ0v) is 7.24. The summed E-state index contributed by atoms with van der Waals surface area (Å²) in [5.41, 5.74) is -5.32. The molecule has 1 atom stereocenters. The maximum absolute atomic E-state index is 11.8. The maximum Gasteiger partial charge on any atom is 0.490 e. The van der Waals surface area contributed by atoms with Gasteiger partial charge in [0, 0.05) is 0 Å². The smallest absolute Gasteiger partial charge is 0.294 e. The molecule has 0 aromatic carbocycles. The fraction of sp³-hybridized carbons (Fsp3) is 0.200. The highest BCUT2D eigenvalue weighted by Crippen LogP contribution is 2.22. The molecule has 76 valence electrons. The lowest BCUT2D eigenvalue weighted by Gasteiger charge is -2.06. The first-order chi connectivity index (χ1) is 6.45. The van der Waals surface area contributed by atoms with Gasteiger partial charge in [-0.3, -0.25) is 9.82 Å². The van der Waals surface area contributed by atoms with Gasteiger partial charge in [0.1, 0.15) is 11.8 Å². The van der Waals surface area contributed by atoms with Gasteiger partial charge in [-0.2, -0.15) is 23.5 Å². The first-order valence-electron chi connectivity index (χ1n) is 3.14. The van der Waals surface area contributed by atoms with Crippen molar-refractivity contribution in [1.82, 2.24) is 10.2 Å². The molecule has 0 saturated carbocycles. The Morgan fingerprint density at radius 1 is 1.64 bits per heavy atom. The average Bonchev–Trinajstić information content (AvgIpc) is 2.50. The number of nitrogens with one attached hydrogen (secondary N) is 2. The number of aromatic amines is 1. The van der Waals surface area contributed by atoms with E-state index in [1.807, 2.05) is 0 Å². The highest BCUT2D eigenvalue weighted by atomic mass is 32.2. The SMILES string of the molecule is N#Cc1[nH]ncc1NS(=O)C(F)(F)F. The maximum atomic E-state index is 11.8. The second-order valence-electron chi connectivity index (χ2n) is 2.09. The van der Waals surface area contributed by atoms with Crippen molar-refractivity contribution in [3.05, 3.63) is 11.9 Å². The van der Waals surface area contributed by atoms with E-state index in [1.165, 1.54) is 0 Å². The van der Waals surface area contributed by atoms with Gasteiger partial charge in [0.25, 0.3) is 0 Å². The van der Waals surface area contributed by atoms with Crippen molar-refractivity contribution in [2.75, 3.05) is 4.72 Å². The van der Waals surface area contributed by atoms with E-state index in [0.717, 1.165) is 6.20 Å². The van der Waals surface area contributed by atoms with Crippen molar-refractivity contribution in [3.8, 4) is 6.07 Å². The molecule has 1 heterocycles. The topological polar surface area (TPSA) is 81.6 Å². The van der Waals surface area contributed by atoms with Crippen LogP contribution in [0, 0.1) is 11.3 Å². The molecule has 0 amide bonds. The Morgan fingerprint density at radius 3 is 2.79 bits per heavy atom. The fourth-order valence-electron chi connectivity index (χ4n) is 0.606. The Labute approximate surface area is 78.5 Å². The third-order valence-electron chi connectivity index (χ3n) is 1.16. The van der Waals surface area contributed by atoms with Crippen molar-refractivity contribution < 1.29 is 17.4 Å². The summed E-state index contributed by atoms with van der Waals surface area (Å²) in [7, 11) is -3.24. The third kappa shape index (κ3) is 2.23. The molecule has 0 aliphatic heterocycles. The van der Waals surface area contributed by atoms with Crippen LogP contribution in [0.15, 0.2) is 6.20 Å². The lowest BCUT2D eigenvalue weighted by molar-refractivity contribution is -0.0379. The number of hydrogen-bond donors (Lipinski definition) is 2. The molecule has 0 bridgehead atoms. The predicted molar refractivity (Wildman–Crippen MR) is 41.1 cm³/mol. The van der Waals surface area contributed by atoms with E-state index >= 15 is 0 Å². The average molecular weight is 224 g/mol. The highest BCUT2D eigenvalue weighted by Gasteiger charge is 2.37. The van der Waals surface area contributed by atoms with Crippen LogP contribution >= 0.6 is 0 Å². The molecular weight excluding hydrogens is 221 g/mol. The van der Waals surface area contributed by atoms with Crippen LogP contribution in [0.4, 0.5) is 18.9 Å². The van der Waals surface area contributed by atoms with E-state index in [1.54, 1.807) is 10.8 Å². The number of nitrogens with zero attached hydrogens (tertiary/aromatic N) is 2. The summed E-state index contributed by atoms with van der Waals surface area (Å²) >= 11 is 0. The minimum absolute atomic E-state index is 0.206. The number of hydrogen-bond acceptors (Lipinski definition) is 3. The summed E-state index contributed by atoms with van der Waals surface area (Å²) in [5.74, 6) is 0. The fourth-order valence-corrected chi connectivity index (χ4v) is 1.08. The Kier molecular flexibility index (Phi) is 2.76. The van der Waals surface area contributed by atoms with Gasteiger partial charge in [0.2, 0.25) is 11.0 Å². The molecule has 1 rings (SSSR count). The van der Waals surface area contributed by atoms with Crippen molar-refractivity contribution in [1.29, 1.82) is 5.26 Å². The van der Waals surface area contributed by atoms with Gasteiger partial charge < -0.3 is 0 Å². The largest absolute Gasteiger partial charge is 0.490 e. The number of alkyl halides is 3. The molecule has 9 heteroatoms. The molecule has 1 unspecified atom stereocenters. The van der Waals surface area contributed by atoms with Crippen LogP contribution in [0.5, 0.6) is 0 Å². The molecule has 14 heavy (non-hydrogen) atoms. The Bertz CT molecular complexity index is 392. The van der Waals surface area contributed by atoms with E-state index < -0.39 is 16.5 Å². The number of H-pyrrole nitrogens is 1. The Morgan fingerprint density at radius 2 is 2.29 bits per heavy atom. The zero-order valence-electron chi connectivity index (χ0n) is 6.42. The lowest BCUT2D eigenvalue weighted by atomic mass is 10.4. The van der Waals surface area contributed by atoms with Crippen LogP contribution in [0.25, 0.3) is 0 Å². The second-order valence-corrected chi connectivity index (χ2v) is 3.29. The first kappa shape index (κ1) is 10.5. The molecule has 1 aromatic rings. The van der Waals surface area contributed by atoms with Crippen molar-refractivity contribution in [2.24, 2.45) is 0 Å². The number of anilines is 1. The van der Waals surface area contributed by atoms with E-state index in [-0.39, 0.29) is 11.4 Å². The molecule has 0 saturated heterocycles. The summed E-state index contributed by atoms with van der Waals surface area (Å²) < 4.78 is 47.5. The number of halogens is 3. The number of aromatic nitrogens is 2. The number of nitriles is 1. The van der Waals surface area contributed by atoms with Crippen molar-refractivity contribution >= 4 is 16.7 Å². The monoisotopic (exact) mass is 224 g/mol. The molecule has 0 fully saturated rings. The minimum Gasteiger partial charge on any atom is -0.294 e. The molecule has 0 spiro atoms. The summed E-state index contributed by atoms with van der Waals surface area (Å²) in [6.07, 6.45) is 0.947. The lowest BCUT2D eigenvalue weighted by Crippen LogP contribution is -2.23. The van der Waals surface area contributed by atoms with E-state index in [9.17, 15) is 17.4 Å². The van der Waals surface area contributed by atoms with Gasteiger partial charge in [-0.15, -0.1) is 0 Å². The van der Waals surface area contributed by atoms with Crippen LogP contribution < -0.4 is 4.72 Å².